The quantitative estimate of drug-likeness (QED) is 0.856. The van der Waals surface area contributed by atoms with Crippen molar-refractivity contribution in [2.45, 2.75) is 18.8 Å². The van der Waals surface area contributed by atoms with Gasteiger partial charge >= 0.3 is 0 Å². The van der Waals surface area contributed by atoms with Crippen molar-refractivity contribution in [3.63, 3.8) is 0 Å². The Bertz CT molecular complexity index is 661. The number of hydrogen-bond acceptors (Lipinski definition) is 4. The van der Waals surface area contributed by atoms with Crippen LogP contribution >= 0.6 is 11.3 Å². The molecule has 1 saturated heterocycles. The zero-order valence-electron chi connectivity index (χ0n) is 13.5. The lowest BCUT2D eigenvalue weighted by Gasteiger charge is -2.32. The SMILES string of the molecule is COc1cccc(C(=O)N2CCC(c3ccsc3)CC2)c1OC. The third kappa shape index (κ3) is 3.20. The van der Waals surface area contributed by atoms with E-state index in [-0.39, 0.29) is 5.91 Å². The Morgan fingerprint density at radius 1 is 1.17 bits per heavy atom. The number of hydrogen-bond donors (Lipinski definition) is 0. The van der Waals surface area contributed by atoms with Crippen molar-refractivity contribution < 1.29 is 14.3 Å². The van der Waals surface area contributed by atoms with Crippen LogP contribution in [0, 0.1) is 0 Å². The lowest BCUT2D eigenvalue weighted by Crippen LogP contribution is -2.38. The van der Waals surface area contributed by atoms with Gasteiger partial charge in [-0.15, -0.1) is 0 Å². The molecule has 3 rings (SSSR count). The van der Waals surface area contributed by atoms with Crippen molar-refractivity contribution in [3.8, 4) is 11.5 Å². The minimum Gasteiger partial charge on any atom is -0.493 e. The molecule has 0 unspecified atom stereocenters. The highest BCUT2D eigenvalue weighted by Gasteiger charge is 2.27. The number of carbonyl (C=O) groups excluding carboxylic acids is 1. The van der Waals surface area contributed by atoms with Gasteiger partial charge in [0.15, 0.2) is 11.5 Å². The highest BCUT2D eigenvalue weighted by molar-refractivity contribution is 7.07. The van der Waals surface area contributed by atoms with E-state index in [2.05, 4.69) is 16.8 Å². The summed E-state index contributed by atoms with van der Waals surface area (Å²) < 4.78 is 10.7. The second-order valence-electron chi connectivity index (χ2n) is 5.66. The molecule has 1 aromatic heterocycles. The molecule has 0 radical (unpaired) electrons. The van der Waals surface area contributed by atoms with Gasteiger partial charge in [0.2, 0.25) is 0 Å². The number of thiophene rings is 1. The maximum atomic E-state index is 12.8. The molecule has 4 nitrogen and oxygen atoms in total. The zero-order chi connectivity index (χ0) is 16.2. The summed E-state index contributed by atoms with van der Waals surface area (Å²) in [6.07, 6.45) is 2.02. The van der Waals surface area contributed by atoms with Crippen LogP contribution in [0.2, 0.25) is 0 Å². The molecule has 0 bridgehead atoms. The molecule has 0 saturated carbocycles. The fourth-order valence-corrected chi connectivity index (χ4v) is 3.89. The number of piperidine rings is 1. The largest absolute Gasteiger partial charge is 0.493 e. The van der Waals surface area contributed by atoms with Crippen molar-refractivity contribution in [2.75, 3.05) is 27.3 Å². The van der Waals surface area contributed by atoms with Gasteiger partial charge in [0, 0.05) is 13.1 Å². The maximum absolute atomic E-state index is 12.8. The Morgan fingerprint density at radius 2 is 1.96 bits per heavy atom. The smallest absolute Gasteiger partial charge is 0.257 e. The number of methoxy groups -OCH3 is 2. The number of rotatable bonds is 4. The van der Waals surface area contributed by atoms with Gasteiger partial charge in [-0.1, -0.05) is 6.07 Å². The van der Waals surface area contributed by atoms with E-state index in [0.29, 0.717) is 23.0 Å². The Labute approximate surface area is 140 Å². The molecule has 0 atom stereocenters. The standard InChI is InChI=1S/C18H21NO3S/c1-21-16-5-3-4-15(17(16)22-2)18(20)19-9-6-13(7-10-19)14-8-11-23-12-14/h3-5,8,11-13H,6-7,9-10H2,1-2H3. The normalized spacial score (nSPS) is 15.5. The van der Waals surface area contributed by atoms with Gasteiger partial charge in [-0.2, -0.15) is 11.3 Å². The monoisotopic (exact) mass is 331 g/mol. The van der Waals surface area contributed by atoms with Crippen LogP contribution < -0.4 is 9.47 Å². The van der Waals surface area contributed by atoms with Crippen LogP contribution in [0.5, 0.6) is 11.5 Å². The lowest BCUT2D eigenvalue weighted by molar-refractivity contribution is 0.0709. The second kappa shape index (κ2) is 7.04. The Morgan fingerprint density at radius 3 is 2.57 bits per heavy atom. The maximum Gasteiger partial charge on any atom is 0.257 e. The summed E-state index contributed by atoms with van der Waals surface area (Å²) in [4.78, 5) is 14.8. The number of benzene rings is 1. The van der Waals surface area contributed by atoms with Crippen molar-refractivity contribution in [1.29, 1.82) is 0 Å². The fraction of sp³-hybridized carbons (Fsp3) is 0.389. The van der Waals surface area contributed by atoms with Crippen LogP contribution in [0.3, 0.4) is 0 Å². The molecule has 1 aromatic carbocycles. The van der Waals surface area contributed by atoms with Gasteiger partial charge in [-0.25, -0.2) is 0 Å². The van der Waals surface area contributed by atoms with Crippen LogP contribution in [-0.4, -0.2) is 38.1 Å². The van der Waals surface area contributed by atoms with Gasteiger partial charge in [0.1, 0.15) is 0 Å². The Hall–Kier alpha value is -2.01. The molecule has 2 heterocycles. The summed E-state index contributed by atoms with van der Waals surface area (Å²) in [6.45, 7) is 1.55. The van der Waals surface area contributed by atoms with Gasteiger partial charge in [-0.05, 0) is 53.3 Å². The van der Waals surface area contributed by atoms with E-state index in [1.54, 1.807) is 37.7 Å². The van der Waals surface area contributed by atoms with Gasteiger partial charge < -0.3 is 14.4 Å². The molecule has 1 aliphatic heterocycles. The first-order chi connectivity index (χ1) is 11.2. The number of carbonyl (C=O) groups is 1. The van der Waals surface area contributed by atoms with Crippen molar-refractivity contribution >= 4 is 17.2 Å². The molecule has 122 valence electrons. The van der Waals surface area contributed by atoms with Crippen molar-refractivity contribution in [3.05, 3.63) is 46.2 Å². The summed E-state index contributed by atoms with van der Waals surface area (Å²) in [5.74, 6) is 1.69. The molecule has 23 heavy (non-hydrogen) atoms. The number of ether oxygens (including phenoxy) is 2. The molecule has 5 heteroatoms. The summed E-state index contributed by atoms with van der Waals surface area (Å²) in [6, 6.07) is 7.62. The van der Waals surface area contributed by atoms with E-state index in [1.807, 2.05) is 11.0 Å². The predicted octanol–water partition coefficient (Wildman–Crippen LogP) is 3.79. The molecular formula is C18H21NO3S. The molecular weight excluding hydrogens is 310 g/mol. The summed E-state index contributed by atoms with van der Waals surface area (Å²) in [5, 5.41) is 4.33. The van der Waals surface area contributed by atoms with Crippen LogP contribution in [0.25, 0.3) is 0 Å². The Kier molecular flexibility index (Phi) is 4.86. The van der Waals surface area contributed by atoms with E-state index in [4.69, 9.17) is 9.47 Å². The van der Waals surface area contributed by atoms with Gasteiger partial charge in [-0.3, -0.25) is 4.79 Å². The van der Waals surface area contributed by atoms with Crippen LogP contribution in [0.4, 0.5) is 0 Å². The van der Waals surface area contributed by atoms with Crippen LogP contribution in [0.1, 0.15) is 34.7 Å². The van der Waals surface area contributed by atoms with Crippen LogP contribution in [-0.2, 0) is 0 Å². The van der Waals surface area contributed by atoms with Crippen LogP contribution in [0.15, 0.2) is 35.0 Å². The van der Waals surface area contributed by atoms with Gasteiger partial charge in [0.05, 0.1) is 19.8 Å². The van der Waals surface area contributed by atoms with E-state index < -0.39 is 0 Å². The fourth-order valence-electron chi connectivity index (χ4n) is 3.15. The molecule has 1 fully saturated rings. The van der Waals surface area contributed by atoms with Crippen molar-refractivity contribution in [2.24, 2.45) is 0 Å². The zero-order valence-corrected chi connectivity index (χ0v) is 14.3. The number of nitrogens with zero attached hydrogens (tertiary/aromatic N) is 1. The first-order valence-electron chi connectivity index (χ1n) is 7.77. The Balaban J connectivity index is 1.73. The predicted molar refractivity (Wildman–Crippen MR) is 91.7 cm³/mol. The molecule has 0 N–H and O–H groups in total. The number of likely N-dealkylation sites (tertiary alicyclic amines) is 1. The minimum atomic E-state index is 0.0181. The summed E-state index contributed by atoms with van der Waals surface area (Å²) in [7, 11) is 3.15. The molecule has 1 amide bonds. The molecule has 0 spiro atoms. The third-order valence-electron chi connectivity index (χ3n) is 4.43. The molecule has 1 aliphatic rings. The van der Waals surface area contributed by atoms with E-state index in [1.165, 1.54) is 5.56 Å². The van der Waals surface area contributed by atoms with Crippen molar-refractivity contribution in [1.82, 2.24) is 4.90 Å². The summed E-state index contributed by atoms with van der Waals surface area (Å²) >= 11 is 1.74. The minimum absolute atomic E-state index is 0.0181. The van der Waals surface area contributed by atoms with Gasteiger partial charge in [0.25, 0.3) is 5.91 Å². The molecule has 0 aliphatic carbocycles. The second-order valence-corrected chi connectivity index (χ2v) is 6.44. The summed E-state index contributed by atoms with van der Waals surface area (Å²) in [5.41, 5.74) is 1.97. The molecule has 2 aromatic rings. The lowest BCUT2D eigenvalue weighted by atomic mass is 9.91. The van der Waals surface area contributed by atoms with E-state index in [0.717, 1.165) is 25.9 Å². The van der Waals surface area contributed by atoms with E-state index >= 15 is 0 Å². The topological polar surface area (TPSA) is 38.8 Å². The number of para-hydroxylation sites is 1. The third-order valence-corrected chi connectivity index (χ3v) is 5.13. The highest BCUT2D eigenvalue weighted by Crippen LogP contribution is 2.34. The average molecular weight is 331 g/mol. The first-order valence-corrected chi connectivity index (χ1v) is 8.71. The number of amides is 1. The first kappa shape index (κ1) is 15.9. The average Bonchev–Trinajstić information content (AvgIpc) is 3.15. The highest BCUT2D eigenvalue weighted by atomic mass is 32.1. The van der Waals surface area contributed by atoms with E-state index in [9.17, 15) is 4.79 Å².